The summed E-state index contributed by atoms with van der Waals surface area (Å²) in [6, 6.07) is 9.29. The topological polar surface area (TPSA) is 65.9 Å². The number of aryl methyl sites for hydroxylation is 1. The number of hydrogen-bond acceptors (Lipinski definition) is 5. The fourth-order valence-electron chi connectivity index (χ4n) is 3.64. The van der Waals surface area contributed by atoms with Gasteiger partial charge < -0.3 is 14.7 Å². The molecule has 168 valence electrons. The summed E-state index contributed by atoms with van der Waals surface area (Å²) in [5.74, 6) is -0.449. The summed E-state index contributed by atoms with van der Waals surface area (Å²) in [6.45, 7) is 2.23. The van der Waals surface area contributed by atoms with Crippen molar-refractivity contribution < 1.29 is 27.8 Å². The van der Waals surface area contributed by atoms with Crippen LogP contribution >= 0.6 is 0 Å². The van der Waals surface area contributed by atoms with Gasteiger partial charge in [0, 0.05) is 38.2 Å². The summed E-state index contributed by atoms with van der Waals surface area (Å²) in [5, 5.41) is 8.97. The van der Waals surface area contributed by atoms with Gasteiger partial charge in [0.25, 0.3) is 0 Å². The van der Waals surface area contributed by atoms with Gasteiger partial charge in [-0.2, -0.15) is 13.2 Å². The van der Waals surface area contributed by atoms with Gasteiger partial charge in [0.1, 0.15) is 12.4 Å². The van der Waals surface area contributed by atoms with Crippen molar-refractivity contribution in [3.8, 4) is 5.75 Å². The maximum atomic E-state index is 12.9. The lowest BCUT2D eigenvalue weighted by molar-refractivity contribution is -0.152. The van der Waals surface area contributed by atoms with Crippen molar-refractivity contribution in [1.29, 1.82) is 0 Å². The van der Waals surface area contributed by atoms with Crippen LogP contribution in [0.3, 0.4) is 0 Å². The van der Waals surface area contributed by atoms with Crippen LogP contribution in [0.25, 0.3) is 0 Å². The Morgan fingerprint density at radius 2 is 1.97 bits per heavy atom. The van der Waals surface area contributed by atoms with Crippen molar-refractivity contribution in [3.05, 3.63) is 53.9 Å². The van der Waals surface area contributed by atoms with Gasteiger partial charge in [0.15, 0.2) is 0 Å². The van der Waals surface area contributed by atoms with E-state index in [0.29, 0.717) is 25.4 Å². The van der Waals surface area contributed by atoms with Crippen LogP contribution in [0.1, 0.15) is 24.0 Å². The molecular formula is C22H26F3N3O3. The summed E-state index contributed by atoms with van der Waals surface area (Å²) >= 11 is 0. The lowest BCUT2D eigenvalue weighted by Gasteiger charge is -2.42. The van der Waals surface area contributed by atoms with E-state index in [4.69, 9.17) is 9.84 Å². The van der Waals surface area contributed by atoms with Gasteiger partial charge in [-0.25, -0.2) is 0 Å². The van der Waals surface area contributed by atoms with E-state index >= 15 is 0 Å². The molecule has 6 nitrogen and oxygen atoms in total. The Morgan fingerprint density at radius 1 is 1.23 bits per heavy atom. The first-order valence-corrected chi connectivity index (χ1v) is 10.1. The maximum absolute atomic E-state index is 12.9. The van der Waals surface area contributed by atoms with Crippen molar-refractivity contribution in [2.45, 2.75) is 38.6 Å². The van der Waals surface area contributed by atoms with E-state index in [2.05, 4.69) is 4.98 Å². The Labute approximate surface area is 179 Å². The Kier molecular flexibility index (Phi) is 7.37. The summed E-state index contributed by atoms with van der Waals surface area (Å²) < 4.78 is 44.6. The number of rotatable bonds is 8. The standard InChI is InChI=1S/C22H26F3N3O3/c1-16-2-4-17(5-3-16)14-31-20-10-19(11-26-12-20)27-8-9-28(15-22(23,24)25)18(13-27)6-7-21(29)30/h2-5,10-12,18H,6-9,13-15H2,1H3,(H,29,30). The lowest BCUT2D eigenvalue weighted by Crippen LogP contribution is -2.55. The highest BCUT2D eigenvalue weighted by molar-refractivity contribution is 5.66. The van der Waals surface area contributed by atoms with E-state index in [1.165, 1.54) is 4.90 Å². The molecule has 1 aliphatic rings. The normalized spacial score (nSPS) is 17.5. The molecule has 0 aliphatic carbocycles. The number of alkyl halides is 3. The third kappa shape index (κ3) is 7.13. The SMILES string of the molecule is Cc1ccc(COc2cncc(N3CCN(CC(F)(F)F)C(CCC(=O)O)C3)c2)cc1. The van der Waals surface area contributed by atoms with E-state index in [1.54, 1.807) is 12.4 Å². The van der Waals surface area contributed by atoms with Gasteiger partial charge in [-0.1, -0.05) is 29.8 Å². The number of piperazine rings is 1. The molecule has 2 heterocycles. The van der Waals surface area contributed by atoms with Gasteiger partial charge in [0.05, 0.1) is 24.6 Å². The molecule has 1 atom stereocenters. The zero-order valence-electron chi connectivity index (χ0n) is 17.3. The number of anilines is 1. The quantitative estimate of drug-likeness (QED) is 0.676. The Balaban J connectivity index is 1.66. The molecule has 3 rings (SSSR count). The van der Waals surface area contributed by atoms with Crippen LogP contribution in [0.2, 0.25) is 0 Å². The van der Waals surface area contributed by atoms with Crippen LogP contribution in [-0.2, 0) is 11.4 Å². The van der Waals surface area contributed by atoms with E-state index in [0.717, 1.165) is 16.8 Å². The van der Waals surface area contributed by atoms with Crippen LogP contribution < -0.4 is 9.64 Å². The third-order valence-corrected chi connectivity index (χ3v) is 5.27. The number of benzene rings is 1. The number of nitrogens with zero attached hydrogens (tertiary/aromatic N) is 3. The van der Waals surface area contributed by atoms with E-state index < -0.39 is 24.7 Å². The highest BCUT2D eigenvalue weighted by Crippen LogP contribution is 2.27. The summed E-state index contributed by atoms with van der Waals surface area (Å²) in [6.07, 6.45) is -1.11. The van der Waals surface area contributed by atoms with Crippen LogP contribution in [0, 0.1) is 6.92 Å². The average molecular weight is 437 g/mol. The minimum atomic E-state index is -4.32. The van der Waals surface area contributed by atoms with Gasteiger partial charge in [-0.3, -0.25) is 14.7 Å². The molecule has 1 unspecified atom stereocenters. The van der Waals surface area contributed by atoms with Crippen molar-refractivity contribution in [2.75, 3.05) is 31.1 Å². The molecule has 0 radical (unpaired) electrons. The number of carboxylic acid groups (broad SMARTS) is 1. The molecule has 1 fully saturated rings. The summed E-state index contributed by atoms with van der Waals surface area (Å²) in [7, 11) is 0. The van der Waals surface area contributed by atoms with Gasteiger partial charge >= 0.3 is 12.1 Å². The van der Waals surface area contributed by atoms with Gasteiger partial charge in [-0.05, 0) is 18.9 Å². The predicted molar refractivity (Wildman–Crippen MR) is 110 cm³/mol. The monoisotopic (exact) mass is 437 g/mol. The van der Waals surface area contributed by atoms with Crippen molar-refractivity contribution in [3.63, 3.8) is 0 Å². The zero-order chi connectivity index (χ0) is 22.4. The molecule has 0 amide bonds. The number of ether oxygens (including phenoxy) is 1. The smallest absolute Gasteiger partial charge is 0.401 e. The highest BCUT2D eigenvalue weighted by Gasteiger charge is 2.36. The number of aliphatic carboxylic acids is 1. The van der Waals surface area contributed by atoms with Crippen LogP contribution in [0.4, 0.5) is 18.9 Å². The minimum absolute atomic E-state index is 0.152. The number of carbonyl (C=O) groups is 1. The molecule has 1 N–H and O–H groups in total. The number of pyridine rings is 1. The molecular weight excluding hydrogens is 411 g/mol. The molecule has 2 aromatic rings. The predicted octanol–water partition coefficient (Wildman–Crippen LogP) is 3.89. The zero-order valence-corrected chi connectivity index (χ0v) is 17.3. The first-order chi connectivity index (χ1) is 14.7. The summed E-state index contributed by atoms with van der Waals surface area (Å²) in [5.41, 5.74) is 2.92. The average Bonchev–Trinajstić information content (AvgIpc) is 2.71. The van der Waals surface area contributed by atoms with Gasteiger partial charge in [0.2, 0.25) is 0 Å². The fraction of sp³-hybridized carbons (Fsp3) is 0.455. The van der Waals surface area contributed by atoms with Crippen LogP contribution in [0.5, 0.6) is 5.75 Å². The second-order valence-electron chi connectivity index (χ2n) is 7.77. The molecule has 0 bridgehead atoms. The number of hydrogen-bond donors (Lipinski definition) is 1. The Bertz CT molecular complexity index is 874. The number of halogens is 3. The van der Waals surface area contributed by atoms with Crippen molar-refractivity contribution in [2.24, 2.45) is 0 Å². The molecule has 1 aromatic heterocycles. The molecule has 1 aliphatic heterocycles. The molecule has 1 aromatic carbocycles. The third-order valence-electron chi connectivity index (χ3n) is 5.27. The minimum Gasteiger partial charge on any atom is -0.487 e. The molecule has 1 saturated heterocycles. The van der Waals surface area contributed by atoms with E-state index in [-0.39, 0.29) is 19.4 Å². The summed E-state index contributed by atoms with van der Waals surface area (Å²) in [4.78, 5) is 18.4. The lowest BCUT2D eigenvalue weighted by atomic mass is 10.1. The van der Waals surface area contributed by atoms with Crippen LogP contribution in [-0.4, -0.2) is 59.4 Å². The van der Waals surface area contributed by atoms with Crippen molar-refractivity contribution in [1.82, 2.24) is 9.88 Å². The second-order valence-corrected chi connectivity index (χ2v) is 7.77. The van der Waals surface area contributed by atoms with Crippen molar-refractivity contribution >= 4 is 11.7 Å². The van der Waals surface area contributed by atoms with E-state index in [1.807, 2.05) is 42.2 Å². The first-order valence-electron chi connectivity index (χ1n) is 10.1. The van der Waals surface area contributed by atoms with E-state index in [9.17, 15) is 18.0 Å². The molecule has 0 saturated carbocycles. The fourth-order valence-corrected chi connectivity index (χ4v) is 3.64. The highest BCUT2D eigenvalue weighted by atomic mass is 19.4. The Hall–Kier alpha value is -2.81. The second kappa shape index (κ2) is 10.00. The Morgan fingerprint density at radius 3 is 2.65 bits per heavy atom. The van der Waals surface area contributed by atoms with Crippen LogP contribution in [0.15, 0.2) is 42.7 Å². The molecule has 9 heteroatoms. The molecule has 0 spiro atoms. The van der Waals surface area contributed by atoms with Gasteiger partial charge in [-0.15, -0.1) is 0 Å². The maximum Gasteiger partial charge on any atom is 0.401 e. The number of carboxylic acids is 1. The largest absolute Gasteiger partial charge is 0.487 e. The first kappa shape index (κ1) is 22.9. The number of aromatic nitrogens is 1. The molecule has 31 heavy (non-hydrogen) atoms.